The molecular formula is C18H20N2. The molecule has 1 aliphatic carbocycles. The molecule has 0 amide bonds. The zero-order valence-corrected chi connectivity index (χ0v) is 12.2. The van der Waals surface area contributed by atoms with Crippen molar-refractivity contribution in [2.24, 2.45) is 15.4 Å². The number of hydrogen-bond donors (Lipinski definition) is 0. The summed E-state index contributed by atoms with van der Waals surface area (Å²) in [5.74, 6) is 0. The second-order valence-electron chi connectivity index (χ2n) is 6.32. The molecule has 20 heavy (non-hydrogen) atoms. The molecule has 2 heteroatoms. The van der Waals surface area contributed by atoms with Gasteiger partial charge in [0.05, 0.1) is 23.5 Å². The molecule has 2 aliphatic rings. The maximum absolute atomic E-state index is 4.98. The average Bonchev–Trinajstić information content (AvgIpc) is 2.46. The van der Waals surface area contributed by atoms with Crippen LogP contribution in [-0.2, 0) is 0 Å². The maximum atomic E-state index is 4.98. The highest BCUT2D eigenvalue weighted by molar-refractivity contribution is 6.50. The summed E-state index contributed by atoms with van der Waals surface area (Å²) < 4.78 is 0. The highest BCUT2D eigenvalue weighted by Gasteiger charge is 2.32. The fraction of sp³-hybridized carbons (Fsp3) is 0.333. The molecule has 0 saturated heterocycles. The second kappa shape index (κ2) is 4.86. The van der Waals surface area contributed by atoms with Gasteiger partial charge in [-0.1, -0.05) is 75.4 Å². The Morgan fingerprint density at radius 1 is 0.850 bits per heavy atom. The molecule has 0 saturated carbocycles. The maximum Gasteiger partial charge on any atom is 0.0950 e. The molecule has 0 fully saturated rings. The van der Waals surface area contributed by atoms with Crippen LogP contribution in [0.25, 0.3) is 0 Å². The Hall–Kier alpha value is -1.96. The van der Waals surface area contributed by atoms with Crippen LogP contribution in [0.1, 0.15) is 26.3 Å². The third-order valence-corrected chi connectivity index (χ3v) is 3.62. The predicted octanol–water partition coefficient (Wildman–Crippen LogP) is 3.84. The van der Waals surface area contributed by atoms with Crippen LogP contribution in [0.4, 0.5) is 0 Å². The van der Waals surface area contributed by atoms with Gasteiger partial charge in [-0.3, -0.25) is 9.98 Å². The highest BCUT2D eigenvalue weighted by atomic mass is 15.0. The Bertz CT molecular complexity index is 613. The van der Waals surface area contributed by atoms with E-state index >= 15 is 0 Å². The summed E-state index contributed by atoms with van der Waals surface area (Å²) in [6.45, 7) is 6.60. The first-order valence-electron chi connectivity index (χ1n) is 7.12. The van der Waals surface area contributed by atoms with E-state index in [1.165, 1.54) is 0 Å². The normalized spacial score (nSPS) is 24.9. The number of benzene rings is 1. The summed E-state index contributed by atoms with van der Waals surface area (Å²) in [4.78, 5) is 9.95. The Morgan fingerprint density at radius 3 is 2.05 bits per heavy atom. The number of nitrogens with zero attached hydrogens (tertiary/aromatic N) is 2. The molecule has 0 spiro atoms. The van der Waals surface area contributed by atoms with Crippen LogP contribution < -0.4 is 0 Å². The van der Waals surface area contributed by atoms with Gasteiger partial charge in [-0.15, -0.1) is 0 Å². The summed E-state index contributed by atoms with van der Waals surface area (Å²) in [5, 5.41) is 0. The molecule has 102 valence electrons. The van der Waals surface area contributed by atoms with Crippen molar-refractivity contribution in [3.05, 3.63) is 60.2 Å². The lowest BCUT2D eigenvalue weighted by Gasteiger charge is -2.31. The Kier molecular flexibility index (Phi) is 3.17. The summed E-state index contributed by atoms with van der Waals surface area (Å²) in [6, 6.07) is 10.7. The summed E-state index contributed by atoms with van der Waals surface area (Å²) >= 11 is 0. The fourth-order valence-electron chi connectivity index (χ4n) is 2.60. The van der Waals surface area contributed by atoms with Gasteiger partial charge in [-0.05, 0) is 0 Å². The van der Waals surface area contributed by atoms with E-state index < -0.39 is 0 Å². The molecule has 0 N–H and O–H groups in total. The van der Waals surface area contributed by atoms with Gasteiger partial charge >= 0.3 is 0 Å². The first-order chi connectivity index (χ1) is 9.55. The molecule has 1 aromatic rings. The molecule has 1 aliphatic heterocycles. The molecule has 2 nitrogen and oxygen atoms in total. The minimum absolute atomic E-state index is 0.00531. The SMILES string of the molecule is CC(C)(C)C1=NC2C=CC=CC2N=C1c1ccccc1. The van der Waals surface area contributed by atoms with Crippen LogP contribution in [-0.4, -0.2) is 23.5 Å². The first kappa shape index (κ1) is 13.0. The third-order valence-electron chi connectivity index (χ3n) is 3.62. The van der Waals surface area contributed by atoms with Crippen LogP contribution in [0.5, 0.6) is 0 Å². The number of fused-ring (bicyclic) bond motifs is 1. The molecule has 2 unspecified atom stereocenters. The number of allylic oxidation sites excluding steroid dienone is 2. The van der Waals surface area contributed by atoms with E-state index in [0.717, 1.165) is 17.0 Å². The van der Waals surface area contributed by atoms with Crippen molar-refractivity contribution in [1.82, 2.24) is 0 Å². The fourth-order valence-corrected chi connectivity index (χ4v) is 2.60. The zero-order chi connectivity index (χ0) is 14.2. The van der Waals surface area contributed by atoms with Crippen molar-refractivity contribution in [2.75, 3.05) is 0 Å². The van der Waals surface area contributed by atoms with Crippen molar-refractivity contribution in [3.63, 3.8) is 0 Å². The standard InChI is InChI=1S/C18H20N2/c1-18(2,3)17-16(13-9-5-4-6-10-13)19-14-11-7-8-12-15(14)20-17/h4-12,14-15H,1-3H3. The lowest BCUT2D eigenvalue weighted by Crippen LogP contribution is -2.38. The predicted molar refractivity (Wildman–Crippen MR) is 85.7 cm³/mol. The Morgan fingerprint density at radius 2 is 1.45 bits per heavy atom. The van der Waals surface area contributed by atoms with Crippen molar-refractivity contribution >= 4 is 11.4 Å². The summed E-state index contributed by atoms with van der Waals surface area (Å²) in [5.41, 5.74) is 3.29. The van der Waals surface area contributed by atoms with Gasteiger partial charge in [-0.2, -0.15) is 0 Å². The van der Waals surface area contributed by atoms with Crippen LogP contribution in [0, 0.1) is 5.41 Å². The van der Waals surface area contributed by atoms with Gasteiger partial charge in [0.15, 0.2) is 0 Å². The third kappa shape index (κ3) is 2.38. The van der Waals surface area contributed by atoms with E-state index in [2.05, 4.69) is 69.3 Å². The van der Waals surface area contributed by atoms with Crippen molar-refractivity contribution < 1.29 is 0 Å². The van der Waals surface area contributed by atoms with E-state index in [1.807, 2.05) is 6.07 Å². The Labute approximate surface area is 120 Å². The van der Waals surface area contributed by atoms with Gasteiger partial charge in [0.1, 0.15) is 0 Å². The van der Waals surface area contributed by atoms with Crippen molar-refractivity contribution in [1.29, 1.82) is 0 Å². The van der Waals surface area contributed by atoms with E-state index in [-0.39, 0.29) is 17.5 Å². The largest absolute Gasteiger partial charge is 0.277 e. The molecular weight excluding hydrogens is 244 g/mol. The first-order valence-corrected chi connectivity index (χ1v) is 7.12. The van der Waals surface area contributed by atoms with Gasteiger partial charge in [0, 0.05) is 11.0 Å². The van der Waals surface area contributed by atoms with Gasteiger partial charge in [0.25, 0.3) is 0 Å². The van der Waals surface area contributed by atoms with Crippen molar-refractivity contribution in [2.45, 2.75) is 32.9 Å². The van der Waals surface area contributed by atoms with Gasteiger partial charge in [0.2, 0.25) is 0 Å². The number of rotatable bonds is 1. The quantitative estimate of drug-likeness (QED) is 0.736. The smallest absolute Gasteiger partial charge is 0.0950 e. The van der Waals surface area contributed by atoms with E-state index in [0.29, 0.717) is 0 Å². The number of hydrogen-bond acceptors (Lipinski definition) is 2. The van der Waals surface area contributed by atoms with Crippen LogP contribution >= 0.6 is 0 Å². The molecule has 2 atom stereocenters. The second-order valence-corrected chi connectivity index (χ2v) is 6.32. The lowest BCUT2D eigenvalue weighted by molar-refractivity contribution is 0.578. The molecule has 3 rings (SSSR count). The molecule has 1 heterocycles. The molecule has 0 bridgehead atoms. The minimum atomic E-state index is -0.00531. The van der Waals surface area contributed by atoms with Crippen LogP contribution in [0.2, 0.25) is 0 Å². The topological polar surface area (TPSA) is 24.7 Å². The number of aliphatic imine (C=N–C) groups is 2. The van der Waals surface area contributed by atoms with E-state index in [1.54, 1.807) is 0 Å². The van der Waals surface area contributed by atoms with Gasteiger partial charge in [-0.25, -0.2) is 0 Å². The summed E-state index contributed by atoms with van der Waals surface area (Å²) in [7, 11) is 0. The monoisotopic (exact) mass is 264 g/mol. The zero-order valence-electron chi connectivity index (χ0n) is 12.2. The Balaban J connectivity index is 2.10. The minimum Gasteiger partial charge on any atom is -0.277 e. The van der Waals surface area contributed by atoms with Crippen LogP contribution in [0.15, 0.2) is 64.6 Å². The molecule has 0 aromatic heterocycles. The molecule has 0 radical (unpaired) electrons. The highest BCUT2D eigenvalue weighted by Crippen LogP contribution is 2.27. The van der Waals surface area contributed by atoms with Crippen LogP contribution in [0.3, 0.4) is 0 Å². The lowest BCUT2D eigenvalue weighted by atomic mass is 9.82. The van der Waals surface area contributed by atoms with Gasteiger partial charge < -0.3 is 0 Å². The molecule has 1 aromatic carbocycles. The van der Waals surface area contributed by atoms with E-state index in [9.17, 15) is 0 Å². The van der Waals surface area contributed by atoms with E-state index in [4.69, 9.17) is 9.98 Å². The average molecular weight is 264 g/mol. The summed E-state index contributed by atoms with van der Waals surface area (Å²) in [6.07, 6.45) is 8.40. The van der Waals surface area contributed by atoms with Crippen molar-refractivity contribution in [3.8, 4) is 0 Å².